The van der Waals surface area contributed by atoms with Crippen molar-refractivity contribution in [3.8, 4) is 0 Å². The molecule has 5 heteroatoms. The fourth-order valence-corrected chi connectivity index (χ4v) is 2.39. The largest absolute Gasteiger partial charge is 0.376 e. The summed E-state index contributed by atoms with van der Waals surface area (Å²) < 4.78 is 32.2. The van der Waals surface area contributed by atoms with Crippen molar-refractivity contribution < 1.29 is 13.5 Å². The minimum Gasteiger partial charge on any atom is -0.376 e. The molecule has 0 radical (unpaired) electrons. The van der Waals surface area contributed by atoms with Crippen LogP contribution in [0.1, 0.15) is 33.3 Å². The van der Waals surface area contributed by atoms with Gasteiger partial charge in [0.2, 0.25) is 0 Å². The highest BCUT2D eigenvalue weighted by molar-refractivity contribution is 5.19. The lowest BCUT2D eigenvalue weighted by atomic mass is 9.82. The molecule has 1 aromatic rings. The molecule has 2 atom stereocenters. The molecular weight excluding hydrogens is 262 g/mol. The lowest BCUT2D eigenvalue weighted by molar-refractivity contribution is -0.0356. The highest BCUT2D eigenvalue weighted by Gasteiger charge is 2.32. The van der Waals surface area contributed by atoms with Crippen molar-refractivity contribution in [1.29, 1.82) is 0 Å². The Hall–Kier alpha value is -1.04. The summed E-state index contributed by atoms with van der Waals surface area (Å²) in [7, 11) is 0. The molecule has 3 N–H and O–H groups in total. The normalized spacial score (nSPS) is 15.2. The first-order valence-corrected chi connectivity index (χ1v) is 6.80. The summed E-state index contributed by atoms with van der Waals surface area (Å²) >= 11 is 0. The second-order valence-electron chi connectivity index (χ2n) is 6.00. The summed E-state index contributed by atoms with van der Waals surface area (Å²) in [4.78, 5) is 0. The third-order valence-electron chi connectivity index (χ3n) is 3.16. The molecule has 20 heavy (non-hydrogen) atoms. The van der Waals surface area contributed by atoms with E-state index in [0.29, 0.717) is 18.6 Å². The van der Waals surface area contributed by atoms with E-state index in [4.69, 9.17) is 10.6 Å². The van der Waals surface area contributed by atoms with Crippen LogP contribution >= 0.6 is 0 Å². The van der Waals surface area contributed by atoms with Gasteiger partial charge in [-0.25, -0.2) is 8.78 Å². The average molecular weight is 286 g/mol. The van der Waals surface area contributed by atoms with Gasteiger partial charge in [0, 0.05) is 12.7 Å². The lowest BCUT2D eigenvalue weighted by Crippen LogP contribution is -2.52. The molecule has 0 saturated carbocycles. The SMILES string of the molecule is CCOC(C(Cc1cc(F)cc(F)c1)NN)C(C)(C)C. The summed E-state index contributed by atoms with van der Waals surface area (Å²) in [6.45, 7) is 8.60. The molecule has 0 aliphatic heterocycles. The van der Waals surface area contributed by atoms with Crippen LogP contribution in [0.5, 0.6) is 0 Å². The molecule has 0 aromatic heterocycles. The van der Waals surface area contributed by atoms with E-state index in [0.717, 1.165) is 6.07 Å². The third-order valence-corrected chi connectivity index (χ3v) is 3.16. The standard InChI is InChI=1S/C15H24F2N2O/c1-5-20-14(15(2,3)4)13(19-18)8-10-6-11(16)9-12(17)7-10/h6-7,9,13-14,19H,5,8,18H2,1-4H3. The van der Waals surface area contributed by atoms with Crippen LogP contribution in [0.4, 0.5) is 8.78 Å². The molecule has 0 aliphatic carbocycles. The van der Waals surface area contributed by atoms with Gasteiger partial charge in [-0.1, -0.05) is 20.8 Å². The number of halogens is 2. The molecule has 2 unspecified atom stereocenters. The van der Waals surface area contributed by atoms with Crippen molar-refractivity contribution in [2.45, 2.75) is 46.3 Å². The first-order valence-electron chi connectivity index (χ1n) is 6.80. The van der Waals surface area contributed by atoms with Crippen LogP contribution in [0.2, 0.25) is 0 Å². The van der Waals surface area contributed by atoms with E-state index in [1.54, 1.807) is 0 Å². The minimum absolute atomic E-state index is 0.140. The summed E-state index contributed by atoms with van der Waals surface area (Å²) in [6.07, 6.45) is 0.233. The monoisotopic (exact) mass is 286 g/mol. The fraction of sp³-hybridized carbons (Fsp3) is 0.600. The molecule has 114 valence electrons. The van der Waals surface area contributed by atoms with Gasteiger partial charge in [-0.15, -0.1) is 0 Å². The Bertz CT molecular complexity index is 412. The zero-order valence-corrected chi connectivity index (χ0v) is 12.5. The zero-order valence-electron chi connectivity index (χ0n) is 12.5. The first kappa shape index (κ1) is 17.0. The average Bonchev–Trinajstić information content (AvgIpc) is 2.31. The number of hydrazine groups is 1. The van der Waals surface area contributed by atoms with Gasteiger partial charge in [-0.05, 0) is 36.5 Å². The van der Waals surface area contributed by atoms with E-state index < -0.39 is 11.6 Å². The molecular formula is C15H24F2N2O. The maximum absolute atomic E-state index is 13.2. The van der Waals surface area contributed by atoms with Crippen LogP contribution in [0.25, 0.3) is 0 Å². The van der Waals surface area contributed by atoms with Gasteiger partial charge in [-0.3, -0.25) is 11.3 Å². The van der Waals surface area contributed by atoms with Gasteiger partial charge in [-0.2, -0.15) is 0 Å². The number of ether oxygens (including phenoxy) is 1. The van der Waals surface area contributed by atoms with Crippen LogP contribution in [-0.2, 0) is 11.2 Å². The molecule has 0 bridgehead atoms. The Morgan fingerprint density at radius 1 is 1.20 bits per heavy atom. The van der Waals surface area contributed by atoms with Gasteiger partial charge >= 0.3 is 0 Å². The minimum atomic E-state index is -0.584. The summed E-state index contributed by atoms with van der Waals surface area (Å²) in [5.74, 6) is 4.44. The Balaban J connectivity index is 2.93. The highest BCUT2D eigenvalue weighted by Crippen LogP contribution is 2.26. The Morgan fingerprint density at radius 2 is 1.75 bits per heavy atom. The van der Waals surface area contributed by atoms with Crippen molar-refractivity contribution in [2.24, 2.45) is 11.3 Å². The highest BCUT2D eigenvalue weighted by atomic mass is 19.1. The van der Waals surface area contributed by atoms with Gasteiger partial charge in [0.05, 0.1) is 12.1 Å². The first-order chi connectivity index (χ1) is 9.27. The Morgan fingerprint density at radius 3 is 2.15 bits per heavy atom. The van der Waals surface area contributed by atoms with E-state index in [2.05, 4.69) is 5.43 Å². The molecule has 0 aliphatic rings. The number of rotatable bonds is 6. The maximum atomic E-state index is 13.2. The zero-order chi connectivity index (χ0) is 15.3. The van der Waals surface area contributed by atoms with Gasteiger partial charge < -0.3 is 4.74 Å². The summed E-state index contributed by atoms with van der Waals surface area (Å²) in [5.41, 5.74) is 3.13. The molecule has 0 heterocycles. The second-order valence-corrected chi connectivity index (χ2v) is 6.00. The summed E-state index contributed by atoms with van der Waals surface area (Å²) in [6, 6.07) is 3.27. The van der Waals surface area contributed by atoms with E-state index in [1.165, 1.54) is 12.1 Å². The number of hydrogen-bond acceptors (Lipinski definition) is 3. The predicted molar refractivity (Wildman–Crippen MR) is 76.0 cm³/mol. The summed E-state index contributed by atoms with van der Waals surface area (Å²) in [5, 5.41) is 0. The fourth-order valence-electron chi connectivity index (χ4n) is 2.39. The smallest absolute Gasteiger partial charge is 0.126 e. The van der Waals surface area contributed by atoms with E-state index in [1.807, 2.05) is 27.7 Å². The molecule has 3 nitrogen and oxygen atoms in total. The topological polar surface area (TPSA) is 47.3 Å². The van der Waals surface area contributed by atoms with Crippen molar-refractivity contribution in [1.82, 2.24) is 5.43 Å². The quantitative estimate of drug-likeness (QED) is 0.624. The molecule has 1 rings (SSSR count). The molecule has 1 aromatic carbocycles. The van der Waals surface area contributed by atoms with Crippen LogP contribution < -0.4 is 11.3 Å². The molecule has 0 saturated heterocycles. The molecule has 0 fully saturated rings. The van der Waals surface area contributed by atoms with Crippen LogP contribution in [0.3, 0.4) is 0 Å². The van der Waals surface area contributed by atoms with Gasteiger partial charge in [0.15, 0.2) is 0 Å². The molecule has 0 spiro atoms. The van der Waals surface area contributed by atoms with Gasteiger partial charge in [0.1, 0.15) is 11.6 Å². The second kappa shape index (κ2) is 7.11. The van der Waals surface area contributed by atoms with Crippen LogP contribution in [-0.4, -0.2) is 18.8 Å². The van der Waals surface area contributed by atoms with Crippen LogP contribution in [0.15, 0.2) is 18.2 Å². The van der Waals surface area contributed by atoms with Crippen molar-refractivity contribution in [3.05, 3.63) is 35.4 Å². The number of benzene rings is 1. The van der Waals surface area contributed by atoms with E-state index >= 15 is 0 Å². The number of hydrogen-bond donors (Lipinski definition) is 2. The van der Waals surface area contributed by atoms with E-state index in [9.17, 15) is 8.78 Å². The Labute approximate surface area is 119 Å². The Kier molecular flexibility index (Phi) is 6.05. The van der Waals surface area contributed by atoms with Crippen molar-refractivity contribution >= 4 is 0 Å². The van der Waals surface area contributed by atoms with Crippen molar-refractivity contribution in [2.75, 3.05) is 6.61 Å². The predicted octanol–water partition coefficient (Wildman–Crippen LogP) is 2.79. The van der Waals surface area contributed by atoms with E-state index in [-0.39, 0.29) is 17.6 Å². The number of nitrogens with one attached hydrogen (secondary N) is 1. The third kappa shape index (κ3) is 4.81. The lowest BCUT2D eigenvalue weighted by Gasteiger charge is -2.36. The number of nitrogens with two attached hydrogens (primary N) is 1. The van der Waals surface area contributed by atoms with Crippen LogP contribution in [0, 0.1) is 17.0 Å². The van der Waals surface area contributed by atoms with Gasteiger partial charge in [0.25, 0.3) is 0 Å². The molecule has 0 amide bonds. The van der Waals surface area contributed by atoms with Crippen molar-refractivity contribution in [3.63, 3.8) is 0 Å². The maximum Gasteiger partial charge on any atom is 0.126 e.